The largest absolute Gasteiger partial charge is 0.309 e. The number of benzene rings is 4. The minimum absolute atomic E-state index is 0.894. The second-order valence-electron chi connectivity index (χ2n) is 8.70. The van der Waals surface area contributed by atoms with Crippen molar-refractivity contribution >= 4 is 60.3 Å². The van der Waals surface area contributed by atoms with Crippen LogP contribution in [0.15, 0.2) is 109 Å². The first-order valence-electron chi connectivity index (χ1n) is 11.5. The first-order chi connectivity index (χ1) is 16.9. The average molecular weight is 435 g/mol. The van der Waals surface area contributed by atoms with Crippen LogP contribution in [0, 0.1) is 0 Å². The summed E-state index contributed by atoms with van der Waals surface area (Å²) in [6.45, 7) is 0. The van der Waals surface area contributed by atoms with Gasteiger partial charge in [0.25, 0.3) is 0 Å². The fourth-order valence-electron chi connectivity index (χ4n) is 5.56. The van der Waals surface area contributed by atoms with E-state index >= 15 is 0 Å². The number of nitrogens with zero attached hydrogens (tertiary/aromatic N) is 4. The summed E-state index contributed by atoms with van der Waals surface area (Å²) < 4.78 is 4.66. The summed E-state index contributed by atoms with van der Waals surface area (Å²) in [4.78, 5) is 9.82. The predicted octanol–water partition coefficient (Wildman–Crippen LogP) is 7.29. The maximum Gasteiger partial charge on any atom is 0.165 e. The number of aromatic nitrogens is 4. The van der Waals surface area contributed by atoms with Gasteiger partial charge in [0.2, 0.25) is 0 Å². The van der Waals surface area contributed by atoms with Crippen LogP contribution < -0.4 is 0 Å². The van der Waals surface area contributed by atoms with Crippen molar-refractivity contribution in [1.82, 2.24) is 18.9 Å². The third-order valence-corrected chi connectivity index (χ3v) is 6.92. The summed E-state index contributed by atoms with van der Waals surface area (Å²) in [5.41, 5.74) is 8.56. The molecule has 0 fully saturated rings. The van der Waals surface area contributed by atoms with Crippen molar-refractivity contribution in [2.45, 2.75) is 0 Å². The highest BCUT2D eigenvalue weighted by Crippen LogP contribution is 2.40. The summed E-state index contributed by atoms with van der Waals surface area (Å²) in [6.07, 6.45) is 1.86. The van der Waals surface area contributed by atoms with Crippen LogP contribution in [-0.2, 0) is 0 Å². The Labute approximate surface area is 194 Å². The van der Waals surface area contributed by atoms with E-state index in [0.29, 0.717) is 0 Å². The SMILES string of the molecule is c1ccc(-n2c3ccccc3c3ccc4c(c5cccnc5c5nc6ccccc6n45)c32)cc1. The number of hydrogen-bond acceptors (Lipinski definition) is 2. The maximum atomic E-state index is 4.99. The normalized spacial score (nSPS) is 12.1. The van der Waals surface area contributed by atoms with Gasteiger partial charge < -0.3 is 4.57 Å². The second-order valence-corrected chi connectivity index (χ2v) is 8.70. The first kappa shape index (κ1) is 17.8. The Morgan fingerprint density at radius 2 is 1.32 bits per heavy atom. The first-order valence-corrected chi connectivity index (χ1v) is 11.5. The van der Waals surface area contributed by atoms with Gasteiger partial charge in [-0.25, -0.2) is 4.98 Å². The van der Waals surface area contributed by atoms with Crippen molar-refractivity contribution in [3.63, 3.8) is 0 Å². The molecule has 0 saturated carbocycles. The average Bonchev–Trinajstić information content (AvgIpc) is 3.46. The Morgan fingerprint density at radius 3 is 2.24 bits per heavy atom. The van der Waals surface area contributed by atoms with E-state index in [2.05, 4.69) is 100.0 Å². The quantitative estimate of drug-likeness (QED) is 0.254. The van der Waals surface area contributed by atoms with E-state index in [1.165, 1.54) is 27.2 Å². The molecule has 0 N–H and O–H groups in total. The molecule has 0 aliphatic heterocycles. The molecule has 8 aromatic rings. The summed E-state index contributed by atoms with van der Waals surface area (Å²) in [5, 5.41) is 4.79. The minimum atomic E-state index is 0.894. The van der Waals surface area contributed by atoms with Crippen LogP contribution in [0.2, 0.25) is 0 Å². The van der Waals surface area contributed by atoms with Crippen LogP contribution in [0.4, 0.5) is 0 Å². The molecule has 4 aromatic carbocycles. The van der Waals surface area contributed by atoms with E-state index in [4.69, 9.17) is 9.97 Å². The van der Waals surface area contributed by atoms with E-state index < -0.39 is 0 Å². The van der Waals surface area contributed by atoms with Crippen molar-refractivity contribution in [2.24, 2.45) is 0 Å². The topological polar surface area (TPSA) is 35.1 Å². The third-order valence-electron chi connectivity index (χ3n) is 6.92. The maximum absolute atomic E-state index is 4.99. The molecular formula is C30H18N4. The van der Waals surface area contributed by atoms with Gasteiger partial charge in [0.1, 0.15) is 5.52 Å². The van der Waals surface area contributed by atoms with Gasteiger partial charge in [-0.05, 0) is 42.5 Å². The van der Waals surface area contributed by atoms with Gasteiger partial charge in [-0.3, -0.25) is 9.38 Å². The molecule has 4 nitrogen and oxygen atoms in total. The molecule has 8 rings (SSSR count). The molecule has 0 atom stereocenters. The number of fused-ring (bicyclic) bond motifs is 12. The van der Waals surface area contributed by atoms with E-state index in [-0.39, 0.29) is 0 Å². The van der Waals surface area contributed by atoms with Gasteiger partial charge >= 0.3 is 0 Å². The molecule has 158 valence electrons. The highest BCUT2D eigenvalue weighted by molar-refractivity contribution is 6.26. The molecule has 4 heterocycles. The summed E-state index contributed by atoms with van der Waals surface area (Å²) in [5.74, 6) is 0. The van der Waals surface area contributed by atoms with Crippen LogP contribution in [-0.4, -0.2) is 18.9 Å². The molecular weight excluding hydrogens is 416 g/mol. The Bertz CT molecular complexity index is 2060. The monoisotopic (exact) mass is 434 g/mol. The van der Waals surface area contributed by atoms with Gasteiger partial charge in [-0.1, -0.05) is 60.7 Å². The predicted molar refractivity (Wildman–Crippen MR) is 140 cm³/mol. The zero-order valence-electron chi connectivity index (χ0n) is 18.2. The Kier molecular flexibility index (Phi) is 3.36. The fraction of sp³-hybridized carbons (Fsp3) is 0. The Morgan fingerprint density at radius 1 is 0.559 bits per heavy atom. The highest BCUT2D eigenvalue weighted by Gasteiger charge is 2.20. The van der Waals surface area contributed by atoms with E-state index in [9.17, 15) is 0 Å². The van der Waals surface area contributed by atoms with Gasteiger partial charge in [-0.15, -0.1) is 0 Å². The van der Waals surface area contributed by atoms with E-state index in [1.807, 2.05) is 18.3 Å². The smallest absolute Gasteiger partial charge is 0.165 e. The van der Waals surface area contributed by atoms with Crippen molar-refractivity contribution < 1.29 is 0 Å². The van der Waals surface area contributed by atoms with Crippen LogP contribution in [0.1, 0.15) is 0 Å². The molecule has 4 aromatic heterocycles. The van der Waals surface area contributed by atoms with Crippen molar-refractivity contribution in [2.75, 3.05) is 0 Å². The number of imidazole rings is 1. The van der Waals surface area contributed by atoms with Crippen molar-refractivity contribution in [3.05, 3.63) is 109 Å². The van der Waals surface area contributed by atoms with Crippen LogP contribution in [0.3, 0.4) is 0 Å². The van der Waals surface area contributed by atoms with Crippen molar-refractivity contribution in [1.29, 1.82) is 0 Å². The third kappa shape index (κ3) is 2.17. The Balaban J connectivity index is 1.75. The van der Waals surface area contributed by atoms with Gasteiger partial charge in [0, 0.05) is 33.4 Å². The minimum Gasteiger partial charge on any atom is -0.309 e. The lowest BCUT2D eigenvalue weighted by Crippen LogP contribution is -1.97. The molecule has 34 heavy (non-hydrogen) atoms. The molecule has 0 aliphatic carbocycles. The van der Waals surface area contributed by atoms with Crippen LogP contribution in [0.5, 0.6) is 0 Å². The molecule has 4 heteroatoms. The van der Waals surface area contributed by atoms with Crippen molar-refractivity contribution in [3.8, 4) is 5.69 Å². The Hall–Kier alpha value is -4.70. The second kappa shape index (κ2) is 6.42. The zero-order chi connectivity index (χ0) is 22.2. The zero-order valence-corrected chi connectivity index (χ0v) is 18.2. The standard InChI is InChI=1S/C30H18N4/c1-2-9-19(10-3-1)33-24-14-6-4-11-20(24)21-16-17-26-27(29(21)33)22-12-8-18-31-28(22)30-32-23-13-5-7-15-25(23)34(26)30/h1-18H. The lowest BCUT2D eigenvalue weighted by Gasteiger charge is -2.13. The van der Waals surface area contributed by atoms with Crippen LogP contribution in [0.25, 0.3) is 66.0 Å². The summed E-state index contributed by atoms with van der Waals surface area (Å²) in [7, 11) is 0. The summed E-state index contributed by atoms with van der Waals surface area (Å²) >= 11 is 0. The molecule has 0 bridgehead atoms. The van der Waals surface area contributed by atoms with Gasteiger partial charge in [0.15, 0.2) is 5.65 Å². The lowest BCUT2D eigenvalue weighted by atomic mass is 10.0. The van der Waals surface area contributed by atoms with E-state index in [1.54, 1.807) is 0 Å². The van der Waals surface area contributed by atoms with E-state index in [0.717, 1.165) is 38.8 Å². The molecule has 0 amide bonds. The number of para-hydroxylation sites is 4. The van der Waals surface area contributed by atoms with Gasteiger partial charge in [0.05, 0.1) is 27.6 Å². The summed E-state index contributed by atoms with van der Waals surface area (Å²) in [6, 6.07) is 36.3. The van der Waals surface area contributed by atoms with Crippen LogP contribution >= 0.6 is 0 Å². The molecule has 0 spiro atoms. The molecule has 0 radical (unpaired) electrons. The van der Waals surface area contributed by atoms with Gasteiger partial charge in [-0.2, -0.15) is 0 Å². The molecule has 0 saturated heterocycles. The highest BCUT2D eigenvalue weighted by atomic mass is 15.0. The number of pyridine rings is 2. The number of hydrogen-bond donors (Lipinski definition) is 0. The molecule has 0 aliphatic rings. The fourth-order valence-corrected chi connectivity index (χ4v) is 5.56. The lowest BCUT2D eigenvalue weighted by molar-refractivity contribution is 1.18. The molecule has 0 unspecified atom stereocenters. The number of rotatable bonds is 1.